The number of anilines is 1. The van der Waals surface area contributed by atoms with Crippen LogP contribution in [0.1, 0.15) is 20.3 Å². The van der Waals surface area contributed by atoms with Gasteiger partial charge >= 0.3 is 5.97 Å². The lowest BCUT2D eigenvalue weighted by molar-refractivity contribution is -0.138. The SMILES string of the molecule is CC(C)CC(Nc1cncc(Cl)n1)C(=O)O. The summed E-state index contributed by atoms with van der Waals surface area (Å²) in [4.78, 5) is 18.7. The van der Waals surface area contributed by atoms with Crippen LogP contribution in [0.5, 0.6) is 0 Å². The van der Waals surface area contributed by atoms with Crippen molar-refractivity contribution in [1.29, 1.82) is 0 Å². The van der Waals surface area contributed by atoms with Crippen molar-refractivity contribution >= 4 is 23.4 Å². The van der Waals surface area contributed by atoms with Gasteiger partial charge in [0.25, 0.3) is 0 Å². The summed E-state index contributed by atoms with van der Waals surface area (Å²) in [5, 5.41) is 12.0. The van der Waals surface area contributed by atoms with E-state index in [-0.39, 0.29) is 11.1 Å². The molecule has 0 fully saturated rings. The monoisotopic (exact) mass is 243 g/mol. The van der Waals surface area contributed by atoms with E-state index in [0.29, 0.717) is 12.2 Å². The topological polar surface area (TPSA) is 75.1 Å². The molecule has 0 radical (unpaired) electrons. The Morgan fingerprint density at radius 2 is 2.25 bits per heavy atom. The van der Waals surface area contributed by atoms with Gasteiger partial charge in [0.1, 0.15) is 17.0 Å². The number of nitrogens with one attached hydrogen (secondary N) is 1. The quantitative estimate of drug-likeness (QED) is 0.828. The molecule has 0 aliphatic carbocycles. The van der Waals surface area contributed by atoms with Crippen molar-refractivity contribution in [2.45, 2.75) is 26.3 Å². The number of hydrogen-bond donors (Lipinski definition) is 2. The van der Waals surface area contributed by atoms with E-state index in [1.54, 1.807) is 0 Å². The Labute approximate surface area is 98.9 Å². The lowest BCUT2D eigenvalue weighted by Crippen LogP contribution is -2.31. The molecule has 0 aromatic carbocycles. The lowest BCUT2D eigenvalue weighted by Gasteiger charge is -2.16. The largest absolute Gasteiger partial charge is 0.480 e. The molecule has 6 heteroatoms. The molecule has 0 aliphatic heterocycles. The van der Waals surface area contributed by atoms with Crippen LogP contribution in [-0.2, 0) is 4.79 Å². The van der Waals surface area contributed by atoms with Crippen LogP contribution in [0.4, 0.5) is 5.82 Å². The highest BCUT2D eigenvalue weighted by Gasteiger charge is 2.19. The number of rotatable bonds is 5. The minimum atomic E-state index is -0.907. The molecule has 5 nitrogen and oxygen atoms in total. The first-order valence-electron chi connectivity index (χ1n) is 4.96. The van der Waals surface area contributed by atoms with Gasteiger partial charge in [-0.3, -0.25) is 4.98 Å². The van der Waals surface area contributed by atoms with Crippen LogP contribution in [0, 0.1) is 5.92 Å². The number of aliphatic carboxylic acids is 1. The Hall–Kier alpha value is -1.36. The summed E-state index contributed by atoms with van der Waals surface area (Å²) in [6.07, 6.45) is 3.36. The zero-order chi connectivity index (χ0) is 12.1. The molecule has 1 atom stereocenters. The molecule has 1 rings (SSSR count). The summed E-state index contributed by atoms with van der Waals surface area (Å²) >= 11 is 5.65. The first-order valence-corrected chi connectivity index (χ1v) is 5.33. The van der Waals surface area contributed by atoms with Gasteiger partial charge in [-0.1, -0.05) is 25.4 Å². The second-order valence-corrected chi connectivity index (χ2v) is 4.28. The zero-order valence-electron chi connectivity index (χ0n) is 9.14. The molecule has 16 heavy (non-hydrogen) atoms. The van der Waals surface area contributed by atoms with E-state index in [2.05, 4.69) is 15.3 Å². The maximum Gasteiger partial charge on any atom is 0.326 e. The third kappa shape index (κ3) is 4.02. The van der Waals surface area contributed by atoms with Crippen LogP contribution < -0.4 is 5.32 Å². The fourth-order valence-electron chi connectivity index (χ4n) is 1.28. The van der Waals surface area contributed by atoms with E-state index in [1.165, 1.54) is 12.4 Å². The van der Waals surface area contributed by atoms with Gasteiger partial charge in [0.05, 0.1) is 12.4 Å². The van der Waals surface area contributed by atoms with Gasteiger partial charge in [-0.15, -0.1) is 0 Å². The summed E-state index contributed by atoms with van der Waals surface area (Å²) in [6.45, 7) is 3.92. The van der Waals surface area contributed by atoms with Crippen molar-refractivity contribution in [3.63, 3.8) is 0 Å². The summed E-state index contributed by atoms with van der Waals surface area (Å²) in [7, 11) is 0. The number of carbonyl (C=O) groups is 1. The van der Waals surface area contributed by atoms with Crippen molar-refractivity contribution < 1.29 is 9.90 Å². The summed E-state index contributed by atoms with van der Waals surface area (Å²) in [5.41, 5.74) is 0. The predicted molar refractivity (Wildman–Crippen MR) is 61.5 cm³/mol. The molecule has 1 aromatic heterocycles. The van der Waals surface area contributed by atoms with E-state index < -0.39 is 12.0 Å². The maximum absolute atomic E-state index is 11.0. The molecule has 2 N–H and O–H groups in total. The summed E-state index contributed by atoms with van der Waals surface area (Å²) in [5.74, 6) is -0.253. The normalized spacial score (nSPS) is 12.5. The highest BCUT2D eigenvalue weighted by atomic mass is 35.5. The van der Waals surface area contributed by atoms with Crippen LogP contribution in [0.3, 0.4) is 0 Å². The van der Waals surface area contributed by atoms with Crippen molar-refractivity contribution in [2.75, 3.05) is 5.32 Å². The van der Waals surface area contributed by atoms with Gasteiger partial charge in [0, 0.05) is 0 Å². The zero-order valence-corrected chi connectivity index (χ0v) is 9.90. The first kappa shape index (κ1) is 12.7. The Balaban J connectivity index is 2.71. The van der Waals surface area contributed by atoms with Crippen LogP contribution in [0.15, 0.2) is 12.4 Å². The van der Waals surface area contributed by atoms with Gasteiger partial charge in [0.15, 0.2) is 0 Å². The van der Waals surface area contributed by atoms with Gasteiger partial charge in [-0.2, -0.15) is 0 Å². The third-order valence-corrected chi connectivity index (χ3v) is 2.11. The average Bonchev–Trinajstić information content (AvgIpc) is 2.15. The Bertz CT molecular complexity index is 371. The molecule has 0 amide bonds. The van der Waals surface area contributed by atoms with Crippen molar-refractivity contribution in [1.82, 2.24) is 9.97 Å². The van der Waals surface area contributed by atoms with Crippen molar-refractivity contribution in [2.24, 2.45) is 5.92 Å². The number of nitrogens with zero attached hydrogens (tertiary/aromatic N) is 2. The molecule has 0 bridgehead atoms. The van der Waals surface area contributed by atoms with E-state index in [0.717, 1.165) is 0 Å². The Morgan fingerprint density at radius 1 is 1.56 bits per heavy atom. The number of halogens is 1. The summed E-state index contributed by atoms with van der Waals surface area (Å²) < 4.78 is 0. The predicted octanol–water partition coefficient (Wildman–Crippen LogP) is 2.04. The molecule has 0 saturated heterocycles. The molecule has 1 heterocycles. The van der Waals surface area contributed by atoms with E-state index in [1.807, 2.05) is 13.8 Å². The molecule has 1 unspecified atom stereocenters. The van der Waals surface area contributed by atoms with Gasteiger partial charge in [-0.25, -0.2) is 9.78 Å². The fraction of sp³-hybridized carbons (Fsp3) is 0.500. The second-order valence-electron chi connectivity index (χ2n) is 3.89. The lowest BCUT2D eigenvalue weighted by atomic mass is 10.0. The number of carboxylic acids is 1. The van der Waals surface area contributed by atoms with Crippen LogP contribution in [0.25, 0.3) is 0 Å². The highest BCUT2D eigenvalue weighted by molar-refractivity contribution is 6.29. The van der Waals surface area contributed by atoms with Gasteiger partial charge in [0.2, 0.25) is 0 Å². The maximum atomic E-state index is 11.0. The molecule has 0 aliphatic rings. The molecule has 0 spiro atoms. The molecule has 1 aromatic rings. The van der Waals surface area contributed by atoms with Crippen LogP contribution in [0.2, 0.25) is 5.15 Å². The number of aromatic nitrogens is 2. The third-order valence-electron chi connectivity index (χ3n) is 1.93. The van der Waals surface area contributed by atoms with E-state index >= 15 is 0 Å². The Kier molecular flexibility index (Phi) is 4.49. The minimum Gasteiger partial charge on any atom is -0.480 e. The molecule has 88 valence electrons. The molecule has 0 saturated carbocycles. The average molecular weight is 244 g/mol. The number of hydrogen-bond acceptors (Lipinski definition) is 4. The standard InChI is InChI=1S/C10H14ClN3O2/c1-6(2)3-7(10(15)16)13-9-5-12-4-8(11)14-9/h4-7H,3H2,1-2H3,(H,13,14)(H,15,16). The molecular formula is C10H14ClN3O2. The van der Waals surface area contributed by atoms with Crippen LogP contribution in [-0.4, -0.2) is 27.1 Å². The highest BCUT2D eigenvalue weighted by Crippen LogP contribution is 2.12. The van der Waals surface area contributed by atoms with E-state index in [9.17, 15) is 4.79 Å². The Morgan fingerprint density at radius 3 is 2.75 bits per heavy atom. The minimum absolute atomic E-state index is 0.235. The second kappa shape index (κ2) is 5.65. The van der Waals surface area contributed by atoms with Crippen LogP contribution >= 0.6 is 11.6 Å². The van der Waals surface area contributed by atoms with Crippen molar-refractivity contribution in [3.8, 4) is 0 Å². The molecular weight excluding hydrogens is 230 g/mol. The number of carboxylic acid groups (broad SMARTS) is 1. The fourth-order valence-corrected chi connectivity index (χ4v) is 1.43. The summed E-state index contributed by atoms with van der Waals surface area (Å²) in [6, 6.07) is -0.673. The van der Waals surface area contributed by atoms with E-state index in [4.69, 9.17) is 16.7 Å². The first-order chi connectivity index (χ1) is 7.49. The van der Waals surface area contributed by atoms with Crippen molar-refractivity contribution in [3.05, 3.63) is 17.5 Å². The smallest absolute Gasteiger partial charge is 0.326 e. The van der Waals surface area contributed by atoms with Gasteiger partial charge in [-0.05, 0) is 12.3 Å². The van der Waals surface area contributed by atoms with Gasteiger partial charge < -0.3 is 10.4 Å².